The van der Waals surface area contributed by atoms with Gasteiger partial charge in [-0.15, -0.1) is 0 Å². The molecule has 0 aromatic heterocycles. The SMILES string of the molecule is CC1(C)C(=CC=C2C(=O)OC(c3ccccc3)(C3CCCC3)OC2=O)N(Cc2ccccc2)c2ccccc21. The number of allylic oxidation sites excluding steroid dienone is 3. The fourth-order valence-electron chi connectivity index (χ4n) is 6.36. The van der Waals surface area contributed by atoms with E-state index in [0.29, 0.717) is 12.1 Å². The van der Waals surface area contributed by atoms with Gasteiger partial charge < -0.3 is 14.4 Å². The van der Waals surface area contributed by atoms with Gasteiger partial charge in [0.25, 0.3) is 5.79 Å². The standard InChI is InChI=1S/C34H33NO4/c1-33(2)28-19-11-12-20-29(28)35(23-24-13-5-3-6-14-24)30(33)22-21-27-31(36)38-34(39-32(27)37,26-17-9-10-18-26)25-15-7-4-8-16-25/h3-8,11-16,19-22,26H,9-10,17-18,23H2,1-2H3. The summed E-state index contributed by atoms with van der Waals surface area (Å²) in [5.74, 6) is -2.71. The van der Waals surface area contributed by atoms with E-state index < -0.39 is 17.7 Å². The van der Waals surface area contributed by atoms with Crippen LogP contribution in [0.3, 0.4) is 0 Å². The molecule has 2 aliphatic heterocycles. The van der Waals surface area contributed by atoms with E-state index in [-0.39, 0.29) is 16.9 Å². The lowest BCUT2D eigenvalue weighted by Crippen LogP contribution is -2.48. The Morgan fingerprint density at radius 3 is 2.05 bits per heavy atom. The lowest BCUT2D eigenvalue weighted by molar-refractivity contribution is -0.261. The van der Waals surface area contributed by atoms with Crippen molar-refractivity contribution in [2.75, 3.05) is 4.90 Å². The number of carbonyl (C=O) groups excluding carboxylic acids is 2. The van der Waals surface area contributed by atoms with Crippen LogP contribution in [0.1, 0.15) is 56.2 Å². The number of ether oxygens (including phenoxy) is 2. The molecule has 2 heterocycles. The van der Waals surface area contributed by atoms with Crippen LogP contribution in [0.15, 0.2) is 108 Å². The van der Waals surface area contributed by atoms with E-state index >= 15 is 0 Å². The van der Waals surface area contributed by atoms with E-state index in [0.717, 1.165) is 37.1 Å². The Kier molecular flexibility index (Phi) is 6.38. The van der Waals surface area contributed by atoms with Crippen LogP contribution in [0.5, 0.6) is 0 Å². The number of hydrogen-bond donors (Lipinski definition) is 0. The predicted octanol–water partition coefficient (Wildman–Crippen LogP) is 6.94. The molecule has 0 N–H and O–H groups in total. The largest absolute Gasteiger partial charge is 0.414 e. The molecule has 3 aliphatic rings. The minimum atomic E-state index is -1.38. The van der Waals surface area contributed by atoms with Crippen molar-refractivity contribution in [1.29, 1.82) is 0 Å². The minimum Gasteiger partial charge on any atom is -0.414 e. The summed E-state index contributed by atoms with van der Waals surface area (Å²) in [4.78, 5) is 29.2. The van der Waals surface area contributed by atoms with Gasteiger partial charge in [0, 0.05) is 34.8 Å². The van der Waals surface area contributed by atoms with Gasteiger partial charge in [0.15, 0.2) is 0 Å². The molecule has 39 heavy (non-hydrogen) atoms. The molecule has 3 aromatic carbocycles. The number of para-hydroxylation sites is 1. The van der Waals surface area contributed by atoms with E-state index in [1.807, 2.05) is 66.7 Å². The summed E-state index contributed by atoms with van der Waals surface area (Å²) in [6, 6.07) is 28.0. The van der Waals surface area contributed by atoms with Crippen molar-refractivity contribution >= 4 is 17.6 Å². The maximum absolute atomic E-state index is 13.5. The second-order valence-electron chi connectivity index (χ2n) is 11.1. The highest BCUT2D eigenvalue weighted by Gasteiger charge is 2.53. The number of fused-ring (bicyclic) bond motifs is 1. The number of nitrogens with zero attached hydrogens (tertiary/aromatic N) is 1. The fourth-order valence-corrected chi connectivity index (χ4v) is 6.36. The van der Waals surface area contributed by atoms with Gasteiger partial charge in [-0.2, -0.15) is 0 Å². The third kappa shape index (κ3) is 4.36. The summed E-state index contributed by atoms with van der Waals surface area (Å²) in [7, 11) is 0. The van der Waals surface area contributed by atoms with Gasteiger partial charge in [0.05, 0.1) is 0 Å². The Balaban J connectivity index is 1.36. The molecular weight excluding hydrogens is 486 g/mol. The first-order valence-corrected chi connectivity index (χ1v) is 13.8. The highest BCUT2D eigenvalue weighted by Crippen LogP contribution is 2.49. The van der Waals surface area contributed by atoms with Gasteiger partial charge in [-0.05, 0) is 42.2 Å². The molecule has 5 nitrogen and oxygen atoms in total. The monoisotopic (exact) mass is 519 g/mol. The molecule has 1 aliphatic carbocycles. The summed E-state index contributed by atoms with van der Waals surface area (Å²) in [6.45, 7) is 5.00. The zero-order chi connectivity index (χ0) is 27.0. The average molecular weight is 520 g/mol. The summed E-state index contributed by atoms with van der Waals surface area (Å²) in [5.41, 5.74) is 4.78. The predicted molar refractivity (Wildman–Crippen MR) is 151 cm³/mol. The highest BCUT2D eigenvalue weighted by molar-refractivity contribution is 6.15. The van der Waals surface area contributed by atoms with Crippen LogP contribution in [0.2, 0.25) is 0 Å². The van der Waals surface area contributed by atoms with E-state index in [9.17, 15) is 9.59 Å². The maximum atomic E-state index is 13.5. The molecular formula is C34H33NO4. The number of hydrogen-bond acceptors (Lipinski definition) is 5. The zero-order valence-corrected chi connectivity index (χ0v) is 22.4. The summed E-state index contributed by atoms with van der Waals surface area (Å²) < 4.78 is 12.2. The quantitative estimate of drug-likeness (QED) is 0.208. The third-order valence-electron chi connectivity index (χ3n) is 8.39. The van der Waals surface area contributed by atoms with E-state index in [4.69, 9.17) is 9.47 Å². The highest BCUT2D eigenvalue weighted by atomic mass is 16.7. The van der Waals surface area contributed by atoms with Crippen molar-refractivity contribution in [2.45, 2.75) is 57.3 Å². The van der Waals surface area contributed by atoms with Crippen LogP contribution in [0.25, 0.3) is 0 Å². The van der Waals surface area contributed by atoms with Crippen LogP contribution >= 0.6 is 0 Å². The lowest BCUT2D eigenvalue weighted by atomic mass is 9.83. The fraction of sp³-hybridized carbons (Fsp3) is 0.294. The summed E-state index contributed by atoms with van der Waals surface area (Å²) >= 11 is 0. The Morgan fingerprint density at radius 2 is 1.38 bits per heavy atom. The van der Waals surface area contributed by atoms with Crippen LogP contribution in [0.4, 0.5) is 5.69 Å². The molecule has 0 unspecified atom stereocenters. The van der Waals surface area contributed by atoms with E-state index in [1.54, 1.807) is 6.08 Å². The number of rotatable bonds is 5. The van der Waals surface area contributed by atoms with Crippen molar-refractivity contribution in [3.63, 3.8) is 0 Å². The number of esters is 2. The van der Waals surface area contributed by atoms with Crippen LogP contribution in [0, 0.1) is 5.92 Å². The average Bonchev–Trinajstić information content (AvgIpc) is 3.56. The Labute approximate surface area is 229 Å². The van der Waals surface area contributed by atoms with Crippen molar-refractivity contribution < 1.29 is 19.1 Å². The van der Waals surface area contributed by atoms with Crippen molar-refractivity contribution in [3.8, 4) is 0 Å². The first kappa shape index (κ1) is 25.2. The minimum absolute atomic E-state index is 0.0580. The van der Waals surface area contributed by atoms with Gasteiger partial charge in [-0.1, -0.05) is 106 Å². The number of carbonyl (C=O) groups is 2. The van der Waals surface area contributed by atoms with Gasteiger partial charge in [0.1, 0.15) is 5.57 Å². The number of anilines is 1. The van der Waals surface area contributed by atoms with Crippen LogP contribution < -0.4 is 4.90 Å². The molecule has 2 fully saturated rings. The molecule has 1 saturated heterocycles. The molecule has 0 spiro atoms. The molecule has 0 atom stereocenters. The topological polar surface area (TPSA) is 55.8 Å². The van der Waals surface area contributed by atoms with Crippen molar-refractivity contribution in [3.05, 3.63) is 125 Å². The Hall–Kier alpha value is -4.12. The molecule has 1 saturated carbocycles. The Bertz CT molecular complexity index is 1430. The molecule has 0 radical (unpaired) electrons. The molecule has 6 rings (SSSR count). The van der Waals surface area contributed by atoms with E-state index in [1.165, 1.54) is 11.1 Å². The normalized spacial score (nSPS) is 23.5. The van der Waals surface area contributed by atoms with Crippen LogP contribution in [-0.4, -0.2) is 11.9 Å². The molecule has 5 heteroatoms. The first-order chi connectivity index (χ1) is 18.9. The second-order valence-corrected chi connectivity index (χ2v) is 11.1. The molecule has 0 amide bonds. The molecule has 3 aromatic rings. The first-order valence-electron chi connectivity index (χ1n) is 13.8. The summed E-state index contributed by atoms with van der Waals surface area (Å²) in [6.07, 6.45) is 7.20. The smallest absolute Gasteiger partial charge is 0.349 e. The van der Waals surface area contributed by atoms with Gasteiger partial charge in [-0.3, -0.25) is 0 Å². The lowest BCUT2D eigenvalue weighted by Gasteiger charge is -2.40. The molecule has 198 valence electrons. The van der Waals surface area contributed by atoms with Crippen LogP contribution in [-0.2, 0) is 36.8 Å². The Morgan fingerprint density at radius 1 is 0.795 bits per heavy atom. The van der Waals surface area contributed by atoms with Crippen molar-refractivity contribution in [2.24, 2.45) is 5.92 Å². The molecule has 0 bridgehead atoms. The van der Waals surface area contributed by atoms with Gasteiger partial charge >= 0.3 is 11.9 Å². The van der Waals surface area contributed by atoms with Gasteiger partial charge in [0.2, 0.25) is 0 Å². The summed E-state index contributed by atoms with van der Waals surface area (Å²) in [5, 5.41) is 0. The maximum Gasteiger partial charge on any atom is 0.349 e. The van der Waals surface area contributed by atoms with Gasteiger partial charge in [-0.25, -0.2) is 9.59 Å². The number of cyclic esters (lactones) is 2. The third-order valence-corrected chi connectivity index (χ3v) is 8.39. The van der Waals surface area contributed by atoms with Crippen molar-refractivity contribution in [1.82, 2.24) is 0 Å². The van der Waals surface area contributed by atoms with E-state index in [2.05, 4.69) is 43.0 Å². The number of benzene rings is 3. The zero-order valence-electron chi connectivity index (χ0n) is 22.4. The second kappa shape index (κ2) is 9.88.